The molecule has 10 nitrogen and oxygen atoms in total. The van der Waals surface area contributed by atoms with Gasteiger partial charge in [-0.2, -0.15) is 0 Å². The predicted molar refractivity (Wildman–Crippen MR) is 143 cm³/mol. The van der Waals surface area contributed by atoms with Crippen molar-refractivity contribution in [1.82, 2.24) is 0 Å². The normalized spacial score (nSPS) is 22.5. The lowest BCUT2D eigenvalue weighted by Gasteiger charge is -2.43. The Labute approximate surface area is 233 Å². The molecule has 0 bridgehead atoms. The number of ether oxygens (including phenoxy) is 6. The number of rotatable bonds is 10. The lowest BCUT2D eigenvalue weighted by atomic mass is 9.91. The Balaban J connectivity index is 1.97. The summed E-state index contributed by atoms with van der Waals surface area (Å²) in [5, 5.41) is 0. The van der Waals surface area contributed by atoms with E-state index in [4.69, 9.17) is 28.4 Å². The van der Waals surface area contributed by atoms with Crippen molar-refractivity contribution in [1.29, 1.82) is 0 Å². The third-order valence-electron chi connectivity index (χ3n) is 6.01. The zero-order chi connectivity index (χ0) is 29.2. The Morgan fingerprint density at radius 2 is 1.45 bits per heavy atom. The maximum absolute atomic E-state index is 13.0. The Kier molecular flexibility index (Phi) is 10.8. The van der Waals surface area contributed by atoms with Crippen LogP contribution in [0.15, 0.2) is 60.4 Å². The monoisotopic (exact) mass is 554 g/mol. The molecule has 0 aromatic heterocycles. The zero-order valence-corrected chi connectivity index (χ0v) is 23.2. The van der Waals surface area contributed by atoms with Crippen molar-refractivity contribution in [3.63, 3.8) is 0 Å². The lowest BCUT2D eigenvalue weighted by Crippen LogP contribution is -2.58. The summed E-state index contributed by atoms with van der Waals surface area (Å²) in [6, 6.07) is 17.2. The minimum absolute atomic E-state index is 0.102. The number of hydrogen-bond acceptors (Lipinski definition) is 10. The molecule has 2 aromatic carbocycles. The van der Waals surface area contributed by atoms with E-state index in [1.54, 1.807) is 13.8 Å². The highest BCUT2D eigenvalue weighted by Crippen LogP contribution is 2.33. The quantitative estimate of drug-likeness (QED) is 0.184. The first-order valence-corrected chi connectivity index (χ1v) is 12.9. The second-order valence-electron chi connectivity index (χ2n) is 9.19. The molecule has 1 saturated heterocycles. The van der Waals surface area contributed by atoms with Crippen LogP contribution in [0.1, 0.15) is 40.2 Å². The van der Waals surface area contributed by atoms with Crippen LogP contribution in [0.25, 0.3) is 17.2 Å². The molecular formula is C30H34O10. The van der Waals surface area contributed by atoms with Crippen molar-refractivity contribution in [2.45, 2.75) is 59.2 Å². The summed E-state index contributed by atoms with van der Waals surface area (Å²) in [7, 11) is 0. The maximum Gasteiger partial charge on any atom is 0.373 e. The fourth-order valence-corrected chi connectivity index (χ4v) is 4.27. The molecule has 1 fully saturated rings. The van der Waals surface area contributed by atoms with E-state index in [1.165, 1.54) is 26.8 Å². The van der Waals surface area contributed by atoms with Crippen molar-refractivity contribution in [2.75, 3.05) is 13.2 Å². The third-order valence-corrected chi connectivity index (χ3v) is 6.01. The maximum atomic E-state index is 13.0. The largest absolute Gasteiger partial charge is 0.463 e. The summed E-state index contributed by atoms with van der Waals surface area (Å²) in [5.41, 5.74) is 2.59. The van der Waals surface area contributed by atoms with Crippen molar-refractivity contribution >= 4 is 30.0 Å². The highest BCUT2D eigenvalue weighted by Gasteiger charge is 2.49. The van der Waals surface area contributed by atoms with E-state index in [-0.39, 0.29) is 19.0 Å². The van der Waals surface area contributed by atoms with Crippen LogP contribution in [0.2, 0.25) is 0 Å². The molecule has 1 aliphatic heterocycles. The Hall–Kier alpha value is -4.18. The smallest absolute Gasteiger partial charge is 0.373 e. The van der Waals surface area contributed by atoms with Gasteiger partial charge in [0.2, 0.25) is 12.0 Å². The van der Waals surface area contributed by atoms with Crippen LogP contribution < -0.4 is 0 Å². The molecule has 0 N–H and O–H groups in total. The molecule has 2 aromatic rings. The second kappa shape index (κ2) is 14.3. The van der Waals surface area contributed by atoms with Gasteiger partial charge in [0.15, 0.2) is 6.10 Å². The van der Waals surface area contributed by atoms with Gasteiger partial charge < -0.3 is 28.4 Å². The van der Waals surface area contributed by atoms with Gasteiger partial charge >= 0.3 is 23.9 Å². The number of carbonyl (C=O) groups is 4. The van der Waals surface area contributed by atoms with Crippen LogP contribution in [0.3, 0.4) is 0 Å². The van der Waals surface area contributed by atoms with Crippen LogP contribution in [0.5, 0.6) is 0 Å². The number of hydrogen-bond donors (Lipinski definition) is 0. The van der Waals surface area contributed by atoms with Gasteiger partial charge in [0.1, 0.15) is 18.8 Å². The SMILES string of the molecule is CCOC(=O)/C(=C/c1cccc(-c2ccccc2)c1)O[C@H]1O[C@@H](COC(C)=O)[C@@H](OC(C)=O)[C@@H](OC(C)=O)[C@@H]1C. The first-order valence-electron chi connectivity index (χ1n) is 12.9. The highest BCUT2D eigenvalue weighted by atomic mass is 16.7. The van der Waals surface area contributed by atoms with Crippen LogP contribution in [-0.4, -0.2) is 61.7 Å². The van der Waals surface area contributed by atoms with Gasteiger partial charge in [0, 0.05) is 20.8 Å². The molecule has 1 aliphatic rings. The molecule has 40 heavy (non-hydrogen) atoms. The van der Waals surface area contributed by atoms with Crippen molar-refractivity contribution in [3.05, 3.63) is 65.9 Å². The van der Waals surface area contributed by atoms with Gasteiger partial charge in [-0.25, -0.2) is 4.79 Å². The molecule has 0 radical (unpaired) electrons. The van der Waals surface area contributed by atoms with Crippen molar-refractivity contribution in [2.24, 2.45) is 5.92 Å². The Morgan fingerprint density at radius 3 is 2.08 bits per heavy atom. The first kappa shape index (κ1) is 30.4. The molecule has 214 valence electrons. The van der Waals surface area contributed by atoms with Gasteiger partial charge in [0.05, 0.1) is 12.5 Å². The average molecular weight is 555 g/mol. The number of esters is 4. The van der Waals surface area contributed by atoms with Gasteiger partial charge in [-0.05, 0) is 35.8 Å². The van der Waals surface area contributed by atoms with Gasteiger partial charge in [-0.3, -0.25) is 14.4 Å². The molecule has 0 amide bonds. The molecular weight excluding hydrogens is 520 g/mol. The number of carbonyl (C=O) groups excluding carboxylic acids is 4. The molecule has 3 rings (SSSR count). The van der Waals surface area contributed by atoms with Crippen LogP contribution >= 0.6 is 0 Å². The van der Waals surface area contributed by atoms with E-state index in [9.17, 15) is 19.2 Å². The molecule has 10 heteroatoms. The first-order chi connectivity index (χ1) is 19.1. The summed E-state index contributed by atoms with van der Waals surface area (Å²) in [6.45, 7) is 6.75. The minimum atomic E-state index is -1.16. The van der Waals surface area contributed by atoms with Crippen molar-refractivity contribution in [3.8, 4) is 11.1 Å². The third kappa shape index (κ3) is 8.41. The molecule has 0 unspecified atom stereocenters. The fraction of sp³-hybridized carbons (Fsp3) is 0.400. The van der Waals surface area contributed by atoms with E-state index in [2.05, 4.69) is 0 Å². The molecule has 5 atom stereocenters. The summed E-state index contributed by atoms with van der Waals surface area (Å²) in [5.74, 6) is -3.45. The molecule has 0 spiro atoms. The van der Waals surface area contributed by atoms with E-state index >= 15 is 0 Å². The standard InChI is InChI=1S/C30H34O10/c1-6-35-29(34)25(16-22-11-10-14-24(15-22)23-12-8-7-9-13-23)39-30-18(2)27(37-20(4)32)28(38-21(5)33)26(40-30)17-36-19(3)31/h7-16,18,26-28,30H,6,17H2,1-5H3/b25-16-/t18-,26-,27-,28+,30-/m0/s1. The van der Waals surface area contributed by atoms with Gasteiger partial charge in [-0.15, -0.1) is 0 Å². The zero-order valence-electron chi connectivity index (χ0n) is 23.2. The van der Waals surface area contributed by atoms with Crippen molar-refractivity contribution < 1.29 is 47.6 Å². The van der Waals surface area contributed by atoms with E-state index in [1.807, 2.05) is 54.6 Å². The Bertz CT molecular complexity index is 1220. The van der Waals surface area contributed by atoms with Crippen LogP contribution in [0.4, 0.5) is 0 Å². The highest BCUT2D eigenvalue weighted by molar-refractivity contribution is 5.91. The lowest BCUT2D eigenvalue weighted by molar-refractivity contribution is -0.279. The summed E-state index contributed by atoms with van der Waals surface area (Å²) >= 11 is 0. The van der Waals surface area contributed by atoms with E-state index in [0.717, 1.165) is 11.1 Å². The fourth-order valence-electron chi connectivity index (χ4n) is 4.27. The summed E-state index contributed by atoms with van der Waals surface area (Å²) < 4.78 is 33.4. The average Bonchev–Trinajstić information content (AvgIpc) is 2.91. The molecule has 0 aliphatic carbocycles. The van der Waals surface area contributed by atoms with Crippen LogP contribution in [-0.2, 0) is 47.6 Å². The van der Waals surface area contributed by atoms with Crippen LogP contribution in [0, 0.1) is 5.92 Å². The molecule has 1 heterocycles. The van der Waals surface area contributed by atoms with E-state index < -0.39 is 54.4 Å². The summed E-state index contributed by atoms with van der Waals surface area (Å²) in [6.07, 6.45) is -2.80. The van der Waals surface area contributed by atoms with Gasteiger partial charge in [0.25, 0.3) is 0 Å². The minimum Gasteiger partial charge on any atom is -0.463 e. The topological polar surface area (TPSA) is 124 Å². The number of benzene rings is 2. The second-order valence-corrected chi connectivity index (χ2v) is 9.19. The predicted octanol–water partition coefficient (Wildman–Crippen LogP) is 4.06. The van der Waals surface area contributed by atoms with E-state index in [0.29, 0.717) is 5.56 Å². The summed E-state index contributed by atoms with van der Waals surface area (Å²) in [4.78, 5) is 48.3. The van der Waals surface area contributed by atoms with Gasteiger partial charge in [-0.1, -0.05) is 55.5 Å². The Morgan fingerprint density at radius 1 is 0.800 bits per heavy atom. The molecule has 0 saturated carbocycles.